The molecule has 6 aromatic carbocycles. The van der Waals surface area contributed by atoms with Gasteiger partial charge in [-0.2, -0.15) is 4.58 Å². The van der Waals surface area contributed by atoms with Crippen LogP contribution >= 0.6 is 23.1 Å². The molecule has 2 heterocycles. The minimum absolute atomic E-state index is 0.144. The summed E-state index contributed by atoms with van der Waals surface area (Å²) in [5.41, 5.74) is 6.78. The van der Waals surface area contributed by atoms with E-state index in [0.29, 0.717) is 31.5 Å². The zero-order valence-electron chi connectivity index (χ0n) is 28.7. The molecule has 0 saturated carbocycles. The van der Waals surface area contributed by atoms with Crippen molar-refractivity contribution in [3.63, 3.8) is 0 Å². The number of ketones is 1. The van der Waals surface area contributed by atoms with Gasteiger partial charge in [-0.3, -0.25) is 9.69 Å². The Hall–Kier alpha value is -6.61. The first-order valence-corrected chi connectivity index (χ1v) is 19.1. The molecule has 8 heteroatoms. The predicted octanol–water partition coefficient (Wildman–Crippen LogP) is 10.3. The standard InChI is InChI=1S/C46H30N4O2S2/c51-41-37(43-39(31-19-7-1-8-20-31)47-45(53-43)49(33-23-11-3-12-24-33)34-25-13-4-14-26-34)42(52)38(41)44-40(32-21-9-2-10-22-32)48-46(54-44)50(35-27-15-5-16-28-35)36-29-17-6-18-30-36/h1-30H. The van der Waals surface area contributed by atoms with Crippen LogP contribution in [-0.2, 0) is 4.79 Å². The second-order valence-electron chi connectivity index (χ2n) is 12.5. The van der Waals surface area contributed by atoms with Crippen LogP contribution in [0.5, 0.6) is 0 Å². The molecule has 258 valence electrons. The molecule has 7 aromatic rings. The molecule has 54 heavy (non-hydrogen) atoms. The zero-order valence-corrected chi connectivity index (χ0v) is 30.4. The Balaban J connectivity index is 1.23. The van der Waals surface area contributed by atoms with Gasteiger partial charge in [0.2, 0.25) is 0 Å². The number of thioether (sulfide) groups is 1. The molecule has 0 atom stereocenters. The third-order valence-electron chi connectivity index (χ3n) is 9.13. The molecule has 0 radical (unpaired) electrons. The van der Waals surface area contributed by atoms with Crippen molar-refractivity contribution in [1.29, 1.82) is 0 Å². The number of amidine groups is 1. The zero-order chi connectivity index (χ0) is 36.4. The van der Waals surface area contributed by atoms with E-state index in [9.17, 15) is 9.90 Å². The Bertz CT molecular complexity index is 2540. The van der Waals surface area contributed by atoms with E-state index < -0.39 is 0 Å². The van der Waals surface area contributed by atoms with Crippen LogP contribution < -0.4 is 14.6 Å². The van der Waals surface area contributed by atoms with Gasteiger partial charge in [-0.05, 0) is 53.5 Å². The lowest BCUT2D eigenvalue weighted by Crippen LogP contribution is -2.30. The van der Waals surface area contributed by atoms with Crippen LogP contribution in [0.25, 0.3) is 16.8 Å². The van der Waals surface area contributed by atoms with Crippen molar-refractivity contribution in [3.8, 4) is 11.3 Å². The molecule has 0 fully saturated rings. The highest BCUT2D eigenvalue weighted by molar-refractivity contribution is 8.18. The summed E-state index contributed by atoms with van der Waals surface area (Å²) in [7, 11) is 0. The second-order valence-corrected chi connectivity index (χ2v) is 14.5. The maximum absolute atomic E-state index is 14.6. The Morgan fingerprint density at radius 3 is 1.52 bits per heavy atom. The molecule has 1 aromatic heterocycles. The number of nitrogens with zero attached hydrogens (tertiary/aromatic N) is 4. The van der Waals surface area contributed by atoms with Gasteiger partial charge >= 0.3 is 5.17 Å². The molecule has 0 spiro atoms. The SMILES string of the molecule is O=C1C(c2sc(N(c3ccccc3)c3ccccc3)nc2-c2ccccc2)=C([O-])/C1=C1/SC(=[N+](c2ccccc2)c2ccccc2)N=C1c1ccccc1. The predicted molar refractivity (Wildman–Crippen MR) is 221 cm³/mol. The van der Waals surface area contributed by atoms with E-state index in [1.807, 2.05) is 182 Å². The average molecular weight is 735 g/mol. The maximum atomic E-state index is 14.6. The van der Waals surface area contributed by atoms with E-state index in [2.05, 4.69) is 9.48 Å². The van der Waals surface area contributed by atoms with Crippen LogP contribution in [0.15, 0.2) is 203 Å². The maximum Gasteiger partial charge on any atom is 0.370 e. The van der Waals surface area contributed by atoms with Gasteiger partial charge in [0.25, 0.3) is 0 Å². The Kier molecular flexibility index (Phi) is 8.88. The molecule has 0 bridgehead atoms. The molecule has 1 aliphatic heterocycles. The smallest absolute Gasteiger partial charge is 0.370 e. The first kappa shape index (κ1) is 33.2. The molecular formula is C46H30N4O2S2. The fourth-order valence-electron chi connectivity index (χ4n) is 6.59. The number of thiazole rings is 1. The van der Waals surface area contributed by atoms with Gasteiger partial charge < -0.3 is 5.11 Å². The van der Waals surface area contributed by atoms with Gasteiger partial charge in [0.1, 0.15) is 11.4 Å². The number of anilines is 3. The molecule has 0 N–H and O–H groups in total. The van der Waals surface area contributed by atoms with Gasteiger partial charge in [-0.25, -0.2) is 4.98 Å². The lowest BCUT2D eigenvalue weighted by molar-refractivity contribution is -0.297. The third kappa shape index (κ3) is 6.07. The van der Waals surface area contributed by atoms with E-state index in [4.69, 9.17) is 9.98 Å². The monoisotopic (exact) mass is 734 g/mol. The van der Waals surface area contributed by atoms with Gasteiger partial charge in [0, 0.05) is 45.4 Å². The highest BCUT2D eigenvalue weighted by atomic mass is 32.2. The number of carbonyl (C=O) groups excluding carboxylic acids is 1. The normalized spacial score (nSPS) is 15.2. The van der Waals surface area contributed by atoms with Crippen LogP contribution in [-0.4, -0.2) is 21.6 Å². The van der Waals surface area contributed by atoms with Crippen LogP contribution in [0, 0.1) is 0 Å². The van der Waals surface area contributed by atoms with Crippen molar-refractivity contribution in [2.75, 3.05) is 4.90 Å². The summed E-state index contributed by atoms with van der Waals surface area (Å²) in [5.74, 6) is -0.617. The summed E-state index contributed by atoms with van der Waals surface area (Å²) >= 11 is 2.70. The van der Waals surface area contributed by atoms with E-state index in [-0.39, 0.29) is 22.7 Å². The van der Waals surface area contributed by atoms with Crippen molar-refractivity contribution in [2.24, 2.45) is 4.99 Å². The summed E-state index contributed by atoms with van der Waals surface area (Å²) in [6.45, 7) is 0. The van der Waals surface area contributed by atoms with Crippen molar-refractivity contribution in [3.05, 3.63) is 209 Å². The fraction of sp³-hybridized carbons (Fsp3) is 0. The Morgan fingerprint density at radius 2 is 1.02 bits per heavy atom. The van der Waals surface area contributed by atoms with Crippen molar-refractivity contribution >= 4 is 73.2 Å². The van der Waals surface area contributed by atoms with Gasteiger partial charge in [-0.15, -0.1) is 0 Å². The molecular weight excluding hydrogens is 705 g/mol. The lowest BCUT2D eigenvalue weighted by Gasteiger charge is -2.31. The molecule has 6 nitrogen and oxygen atoms in total. The molecule has 0 saturated heterocycles. The minimum atomic E-state index is -0.309. The number of allylic oxidation sites excluding steroid dienone is 3. The first-order valence-electron chi connectivity index (χ1n) is 17.4. The largest absolute Gasteiger partial charge is 0.871 e. The van der Waals surface area contributed by atoms with Gasteiger partial charge in [0.05, 0.1) is 15.5 Å². The molecule has 0 amide bonds. The van der Waals surface area contributed by atoms with E-state index in [0.717, 1.165) is 33.9 Å². The second kappa shape index (κ2) is 14.4. The molecule has 2 aliphatic rings. The van der Waals surface area contributed by atoms with Crippen LogP contribution in [0.2, 0.25) is 0 Å². The van der Waals surface area contributed by atoms with E-state index in [1.165, 1.54) is 23.1 Å². The van der Waals surface area contributed by atoms with Crippen LogP contribution in [0.3, 0.4) is 0 Å². The summed E-state index contributed by atoms with van der Waals surface area (Å²) < 4.78 is 2.06. The summed E-state index contributed by atoms with van der Waals surface area (Å²) in [6, 6.07) is 59.4. The summed E-state index contributed by atoms with van der Waals surface area (Å²) in [4.78, 5) is 28.1. The molecule has 0 unspecified atom stereocenters. The van der Waals surface area contributed by atoms with E-state index in [1.54, 1.807) is 0 Å². The number of hydrogen-bond donors (Lipinski definition) is 0. The van der Waals surface area contributed by atoms with E-state index >= 15 is 0 Å². The van der Waals surface area contributed by atoms with Crippen molar-refractivity contribution < 1.29 is 9.90 Å². The number of hydrogen-bond acceptors (Lipinski definition) is 6. The van der Waals surface area contributed by atoms with Crippen molar-refractivity contribution in [1.82, 2.24) is 9.56 Å². The average Bonchev–Trinajstić information content (AvgIpc) is 3.85. The highest BCUT2D eigenvalue weighted by Gasteiger charge is 2.42. The fourth-order valence-corrected chi connectivity index (χ4v) is 8.92. The van der Waals surface area contributed by atoms with Crippen molar-refractivity contribution in [2.45, 2.75) is 0 Å². The van der Waals surface area contributed by atoms with Gasteiger partial charge in [-0.1, -0.05) is 151 Å². The van der Waals surface area contributed by atoms with Gasteiger partial charge in [0.15, 0.2) is 16.6 Å². The van der Waals surface area contributed by atoms with Crippen LogP contribution in [0.1, 0.15) is 10.4 Å². The topological polar surface area (TPSA) is 71.6 Å². The number of aromatic nitrogens is 1. The molecule has 9 rings (SSSR count). The quantitative estimate of drug-likeness (QED) is 0.115. The summed E-state index contributed by atoms with van der Waals surface area (Å²) in [6.07, 6.45) is 0. The number of aliphatic imine (C=N–C) groups is 1. The molecule has 1 aliphatic carbocycles. The Labute approximate surface area is 321 Å². The minimum Gasteiger partial charge on any atom is -0.871 e. The third-order valence-corrected chi connectivity index (χ3v) is 11.2. The highest BCUT2D eigenvalue weighted by Crippen LogP contribution is 2.50. The number of Topliss-reactive ketones (excluding diaryl/α,β-unsaturated/α-hetero) is 1. The first-order chi connectivity index (χ1) is 26.7. The number of rotatable bonds is 8. The van der Waals surface area contributed by atoms with Crippen LogP contribution in [0.4, 0.5) is 27.9 Å². The Morgan fingerprint density at radius 1 is 0.556 bits per heavy atom. The number of para-hydroxylation sites is 4. The lowest BCUT2D eigenvalue weighted by atomic mass is 9.84. The number of carbonyl (C=O) groups is 1. The summed E-state index contributed by atoms with van der Waals surface area (Å²) in [5, 5.41) is 15.9. The number of benzene rings is 6.